The van der Waals surface area contributed by atoms with Gasteiger partial charge in [-0.3, -0.25) is 4.79 Å². The highest BCUT2D eigenvalue weighted by Crippen LogP contribution is 2.25. The van der Waals surface area contributed by atoms with Crippen LogP contribution in [-0.2, 0) is 14.3 Å². The van der Waals surface area contributed by atoms with Gasteiger partial charge in [0.1, 0.15) is 11.3 Å². The van der Waals surface area contributed by atoms with Gasteiger partial charge < -0.3 is 14.8 Å². The molecule has 1 heterocycles. The van der Waals surface area contributed by atoms with Crippen molar-refractivity contribution in [1.82, 2.24) is 5.32 Å². The molecule has 1 aliphatic heterocycles. The van der Waals surface area contributed by atoms with Crippen molar-refractivity contribution in [3.8, 4) is 5.75 Å². The second-order valence-electron chi connectivity index (χ2n) is 4.52. The predicted octanol–water partition coefficient (Wildman–Crippen LogP) is 1.79. The summed E-state index contributed by atoms with van der Waals surface area (Å²) in [4.78, 5) is 34.7. The minimum absolute atomic E-state index is 0.0885. The predicted molar refractivity (Wildman–Crippen MR) is 69.0 cm³/mol. The van der Waals surface area contributed by atoms with E-state index in [-0.39, 0.29) is 12.8 Å². The van der Waals surface area contributed by atoms with Crippen LogP contribution in [0.4, 0.5) is 4.79 Å². The quantitative estimate of drug-likeness (QED) is 0.672. The normalized spacial score (nSPS) is 22.1. The lowest BCUT2D eigenvalue weighted by atomic mass is 9.89. The number of rotatable bonds is 3. The van der Waals surface area contributed by atoms with Crippen LogP contribution >= 0.6 is 0 Å². The van der Waals surface area contributed by atoms with Crippen LogP contribution in [0, 0.1) is 0 Å². The maximum atomic E-state index is 11.8. The highest BCUT2D eigenvalue weighted by atomic mass is 16.6. The van der Waals surface area contributed by atoms with E-state index in [0.717, 1.165) is 0 Å². The Bertz CT molecular complexity index is 528. The van der Waals surface area contributed by atoms with Crippen LogP contribution in [0.3, 0.4) is 0 Å². The Morgan fingerprint density at radius 2 is 2.05 bits per heavy atom. The Kier molecular flexibility index (Phi) is 4.02. The van der Waals surface area contributed by atoms with Crippen LogP contribution in [-0.4, -0.2) is 23.6 Å². The number of benzene rings is 1. The summed E-state index contributed by atoms with van der Waals surface area (Å²) in [5.41, 5.74) is -1.19. The fourth-order valence-corrected chi connectivity index (χ4v) is 2.01. The van der Waals surface area contributed by atoms with Crippen LogP contribution in [0.5, 0.6) is 5.75 Å². The fourth-order valence-electron chi connectivity index (χ4n) is 2.01. The molecule has 1 saturated heterocycles. The van der Waals surface area contributed by atoms with E-state index in [1.54, 1.807) is 37.3 Å². The highest BCUT2D eigenvalue weighted by molar-refractivity contribution is 5.96. The zero-order valence-electron chi connectivity index (χ0n) is 11.0. The van der Waals surface area contributed by atoms with E-state index in [1.807, 2.05) is 0 Å². The summed E-state index contributed by atoms with van der Waals surface area (Å²) in [5.74, 6) is -0.935. The second-order valence-corrected chi connectivity index (χ2v) is 4.52. The van der Waals surface area contributed by atoms with E-state index in [2.05, 4.69) is 10.1 Å². The van der Waals surface area contributed by atoms with Gasteiger partial charge >= 0.3 is 18.0 Å². The molecule has 1 N–H and O–H groups in total. The topological polar surface area (TPSA) is 81.7 Å². The summed E-state index contributed by atoms with van der Waals surface area (Å²) in [6.45, 7) is 1.74. The molecule has 0 spiro atoms. The molecule has 1 fully saturated rings. The van der Waals surface area contributed by atoms with Gasteiger partial charge in [0.15, 0.2) is 0 Å². The van der Waals surface area contributed by atoms with E-state index in [0.29, 0.717) is 12.2 Å². The number of ether oxygens (including phenoxy) is 2. The van der Waals surface area contributed by atoms with Crippen molar-refractivity contribution in [1.29, 1.82) is 0 Å². The number of carbonyl (C=O) groups is 3. The molecule has 1 aromatic rings. The maximum Gasteiger partial charge on any atom is 0.413 e. The SMILES string of the molecule is CC[C@]1(NC(=O)Oc2ccccc2)CCC(=O)OC1=O. The van der Waals surface area contributed by atoms with Gasteiger partial charge in [0.2, 0.25) is 0 Å². The van der Waals surface area contributed by atoms with Gasteiger partial charge in [-0.25, -0.2) is 9.59 Å². The number of amides is 1. The molecule has 0 bridgehead atoms. The number of para-hydroxylation sites is 1. The first-order chi connectivity index (χ1) is 9.55. The number of esters is 2. The van der Waals surface area contributed by atoms with Crippen LogP contribution in [0.1, 0.15) is 26.2 Å². The lowest BCUT2D eigenvalue weighted by Crippen LogP contribution is -2.58. The number of cyclic esters (lactones) is 2. The summed E-state index contributed by atoms with van der Waals surface area (Å²) >= 11 is 0. The molecule has 6 nitrogen and oxygen atoms in total. The van der Waals surface area contributed by atoms with Crippen molar-refractivity contribution in [2.24, 2.45) is 0 Å². The molecule has 0 unspecified atom stereocenters. The third-order valence-corrected chi connectivity index (χ3v) is 3.25. The Morgan fingerprint density at radius 3 is 2.65 bits per heavy atom. The zero-order chi connectivity index (χ0) is 14.6. The zero-order valence-corrected chi connectivity index (χ0v) is 11.0. The number of carbonyl (C=O) groups excluding carboxylic acids is 3. The van der Waals surface area contributed by atoms with Crippen molar-refractivity contribution in [3.63, 3.8) is 0 Å². The van der Waals surface area contributed by atoms with Gasteiger partial charge in [0.05, 0.1) is 0 Å². The standard InChI is InChI=1S/C14H15NO5/c1-2-14(9-8-11(16)20-12(14)17)15-13(18)19-10-6-4-3-5-7-10/h3-7H,2,8-9H2,1H3,(H,15,18)/t14-/m0/s1. The lowest BCUT2D eigenvalue weighted by Gasteiger charge is -2.33. The average Bonchev–Trinajstić information content (AvgIpc) is 2.43. The van der Waals surface area contributed by atoms with Gasteiger partial charge in [-0.15, -0.1) is 0 Å². The minimum Gasteiger partial charge on any atom is -0.410 e. The van der Waals surface area contributed by atoms with E-state index in [1.165, 1.54) is 0 Å². The fraction of sp³-hybridized carbons (Fsp3) is 0.357. The minimum atomic E-state index is -1.19. The van der Waals surface area contributed by atoms with E-state index < -0.39 is 23.6 Å². The van der Waals surface area contributed by atoms with Crippen LogP contribution in [0.2, 0.25) is 0 Å². The third kappa shape index (κ3) is 2.96. The Morgan fingerprint density at radius 1 is 1.35 bits per heavy atom. The smallest absolute Gasteiger partial charge is 0.410 e. The molecule has 0 saturated carbocycles. The van der Waals surface area contributed by atoms with Gasteiger partial charge in [-0.1, -0.05) is 25.1 Å². The molecule has 0 radical (unpaired) electrons. The molecule has 1 aromatic carbocycles. The van der Waals surface area contributed by atoms with Crippen molar-refractivity contribution < 1.29 is 23.9 Å². The van der Waals surface area contributed by atoms with Crippen LogP contribution < -0.4 is 10.1 Å². The van der Waals surface area contributed by atoms with Gasteiger partial charge in [0, 0.05) is 6.42 Å². The molecular weight excluding hydrogens is 262 g/mol. The van der Waals surface area contributed by atoms with E-state index >= 15 is 0 Å². The molecule has 1 aliphatic rings. The average molecular weight is 277 g/mol. The molecule has 0 aromatic heterocycles. The first-order valence-corrected chi connectivity index (χ1v) is 6.36. The number of hydrogen-bond acceptors (Lipinski definition) is 5. The monoisotopic (exact) mass is 277 g/mol. The van der Waals surface area contributed by atoms with Crippen molar-refractivity contribution in [3.05, 3.63) is 30.3 Å². The van der Waals surface area contributed by atoms with Crippen molar-refractivity contribution in [2.75, 3.05) is 0 Å². The molecular formula is C14H15NO5. The summed E-state index contributed by atoms with van der Waals surface area (Å²) in [7, 11) is 0. The largest absolute Gasteiger partial charge is 0.413 e. The molecule has 1 atom stereocenters. The van der Waals surface area contributed by atoms with E-state index in [4.69, 9.17) is 4.74 Å². The summed E-state index contributed by atoms with van der Waals surface area (Å²) in [6, 6.07) is 8.50. The molecule has 1 amide bonds. The molecule has 106 valence electrons. The van der Waals surface area contributed by atoms with E-state index in [9.17, 15) is 14.4 Å². The first-order valence-electron chi connectivity index (χ1n) is 6.36. The van der Waals surface area contributed by atoms with Crippen molar-refractivity contribution in [2.45, 2.75) is 31.7 Å². The Balaban J connectivity index is 2.04. The molecule has 20 heavy (non-hydrogen) atoms. The molecule has 6 heteroatoms. The second kappa shape index (κ2) is 5.73. The molecule has 2 rings (SSSR count). The van der Waals surface area contributed by atoms with Crippen LogP contribution in [0.15, 0.2) is 30.3 Å². The Hall–Kier alpha value is -2.37. The maximum absolute atomic E-state index is 11.8. The number of hydrogen-bond donors (Lipinski definition) is 1. The first kappa shape index (κ1) is 14.0. The summed E-state index contributed by atoms with van der Waals surface area (Å²) < 4.78 is 9.67. The van der Waals surface area contributed by atoms with Crippen molar-refractivity contribution >= 4 is 18.0 Å². The van der Waals surface area contributed by atoms with Gasteiger partial charge in [0.25, 0.3) is 0 Å². The molecule has 0 aliphatic carbocycles. The summed E-state index contributed by atoms with van der Waals surface area (Å²) in [5, 5.41) is 2.51. The van der Waals surface area contributed by atoms with Gasteiger partial charge in [-0.2, -0.15) is 0 Å². The Labute approximate surface area is 116 Å². The summed E-state index contributed by atoms with van der Waals surface area (Å²) in [6.07, 6.45) is -0.122. The highest BCUT2D eigenvalue weighted by Gasteiger charge is 2.45. The lowest BCUT2D eigenvalue weighted by molar-refractivity contribution is -0.170. The number of nitrogens with one attached hydrogen (secondary N) is 1. The third-order valence-electron chi connectivity index (χ3n) is 3.25. The van der Waals surface area contributed by atoms with Gasteiger partial charge in [-0.05, 0) is 25.0 Å². The van der Waals surface area contributed by atoms with Crippen LogP contribution in [0.25, 0.3) is 0 Å².